The van der Waals surface area contributed by atoms with Crippen LogP contribution >= 0.6 is 11.8 Å². The second-order valence-corrected chi connectivity index (χ2v) is 8.49. The molecule has 0 bridgehead atoms. The van der Waals surface area contributed by atoms with E-state index in [0.717, 1.165) is 24.6 Å². The summed E-state index contributed by atoms with van der Waals surface area (Å²) >= 11 is 1.04. The summed E-state index contributed by atoms with van der Waals surface area (Å²) in [6.45, 7) is 1.57. The maximum absolute atomic E-state index is 13.2. The van der Waals surface area contributed by atoms with Crippen LogP contribution in [0, 0.1) is 11.6 Å². The van der Waals surface area contributed by atoms with Crippen LogP contribution in [0.25, 0.3) is 0 Å². The lowest BCUT2D eigenvalue weighted by Gasteiger charge is -2.20. The number of anilines is 1. The first-order valence-corrected chi connectivity index (χ1v) is 10.8. The molecular weight excluding hydrogens is 426 g/mol. The molecule has 0 saturated heterocycles. The molecule has 1 fully saturated rings. The van der Waals surface area contributed by atoms with Crippen LogP contribution in [0.1, 0.15) is 31.4 Å². The molecule has 0 aliphatic heterocycles. The number of nitrogens with one attached hydrogen (secondary N) is 2. The standard InChI is InChI=1S/C22H22F2N2O4S/c1-13(31-12-19(27)25-17-8-6-16(24)7-9-17)22(29)30-20(21(28)26-18-10-11-18)14-2-4-15(23)5-3-14/h2-9,13,18,20H,10-12H2,1H3,(H,25,27)(H,26,28). The van der Waals surface area contributed by atoms with Crippen molar-refractivity contribution in [3.8, 4) is 0 Å². The Morgan fingerprint density at radius 2 is 1.61 bits per heavy atom. The van der Waals surface area contributed by atoms with Gasteiger partial charge in [0.1, 0.15) is 16.9 Å². The number of carbonyl (C=O) groups is 3. The summed E-state index contributed by atoms with van der Waals surface area (Å²) in [5.74, 6) is -2.41. The average molecular weight is 448 g/mol. The molecule has 2 aromatic carbocycles. The predicted octanol–water partition coefficient (Wildman–Crippen LogP) is 3.59. The summed E-state index contributed by atoms with van der Waals surface area (Å²) in [6, 6.07) is 10.6. The number of hydrogen-bond donors (Lipinski definition) is 2. The van der Waals surface area contributed by atoms with Gasteiger partial charge in [0.05, 0.1) is 5.75 Å². The van der Waals surface area contributed by atoms with Gasteiger partial charge in [0, 0.05) is 17.3 Å². The van der Waals surface area contributed by atoms with E-state index in [-0.39, 0.29) is 17.7 Å². The summed E-state index contributed by atoms with van der Waals surface area (Å²) in [5, 5.41) is 4.66. The number of benzene rings is 2. The van der Waals surface area contributed by atoms with E-state index in [0.29, 0.717) is 11.3 Å². The minimum atomic E-state index is -1.20. The Hall–Kier alpha value is -2.94. The van der Waals surface area contributed by atoms with Crippen molar-refractivity contribution in [3.05, 3.63) is 65.7 Å². The molecule has 2 amide bonds. The van der Waals surface area contributed by atoms with E-state index < -0.39 is 34.9 Å². The zero-order valence-electron chi connectivity index (χ0n) is 16.8. The predicted molar refractivity (Wildman–Crippen MR) is 113 cm³/mol. The van der Waals surface area contributed by atoms with Crippen molar-refractivity contribution in [2.24, 2.45) is 0 Å². The van der Waals surface area contributed by atoms with Crippen molar-refractivity contribution in [2.75, 3.05) is 11.1 Å². The minimum Gasteiger partial charge on any atom is -0.446 e. The maximum Gasteiger partial charge on any atom is 0.319 e. The highest BCUT2D eigenvalue weighted by atomic mass is 32.2. The summed E-state index contributed by atoms with van der Waals surface area (Å²) in [6.07, 6.45) is 0.529. The molecule has 164 valence electrons. The van der Waals surface area contributed by atoms with Gasteiger partial charge in [-0.1, -0.05) is 12.1 Å². The number of esters is 1. The lowest BCUT2D eigenvalue weighted by molar-refractivity contribution is -0.155. The van der Waals surface area contributed by atoms with Crippen LogP contribution in [0.2, 0.25) is 0 Å². The number of rotatable bonds is 9. The Labute approximate surface area is 182 Å². The highest BCUT2D eigenvalue weighted by Gasteiger charge is 2.32. The Balaban J connectivity index is 1.55. The minimum absolute atomic E-state index is 0.0386. The second kappa shape index (κ2) is 10.4. The van der Waals surface area contributed by atoms with Crippen LogP contribution in [0.5, 0.6) is 0 Å². The molecule has 1 aliphatic carbocycles. The third-order valence-electron chi connectivity index (χ3n) is 4.49. The summed E-state index contributed by atoms with van der Waals surface area (Å²) < 4.78 is 31.6. The molecule has 2 unspecified atom stereocenters. The van der Waals surface area contributed by atoms with Crippen molar-refractivity contribution in [3.63, 3.8) is 0 Å². The summed E-state index contributed by atoms with van der Waals surface area (Å²) in [7, 11) is 0. The highest BCUT2D eigenvalue weighted by molar-refractivity contribution is 8.01. The molecule has 9 heteroatoms. The molecule has 2 N–H and O–H groups in total. The zero-order chi connectivity index (χ0) is 22.4. The second-order valence-electron chi connectivity index (χ2n) is 7.16. The van der Waals surface area contributed by atoms with Gasteiger partial charge in [0.25, 0.3) is 5.91 Å². The molecular formula is C22H22F2N2O4S. The average Bonchev–Trinajstić information content (AvgIpc) is 3.56. The van der Waals surface area contributed by atoms with Crippen LogP contribution in [0.3, 0.4) is 0 Å². The Kier molecular flexibility index (Phi) is 7.62. The van der Waals surface area contributed by atoms with Gasteiger partial charge in [0.2, 0.25) is 12.0 Å². The van der Waals surface area contributed by atoms with Crippen molar-refractivity contribution in [1.29, 1.82) is 0 Å². The van der Waals surface area contributed by atoms with Crippen molar-refractivity contribution in [1.82, 2.24) is 5.32 Å². The van der Waals surface area contributed by atoms with Crippen LogP contribution < -0.4 is 10.6 Å². The summed E-state index contributed by atoms with van der Waals surface area (Å²) in [4.78, 5) is 37.1. The first-order chi connectivity index (χ1) is 14.8. The number of hydrogen-bond acceptors (Lipinski definition) is 5. The molecule has 0 radical (unpaired) electrons. The first kappa shape index (κ1) is 22.7. The number of thioether (sulfide) groups is 1. The van der Waals surface area contributed by atoms with E-state index in [1.807, 2.05) is 0 Å². The van der Waals surface area contributed by atoms with E-state index in [1.165, 1.54) is 48.5 Å². The van der Waals surface area contributed by atoms with Gasteiger partial charge in [-0.2, -0.15) is 0 Å². The topological polar surface area (TPSA) is 84.5 Å². The van der Waals surface area contributed by atoms with Gasteiger partial charge in [-0.05, 0) is 56.2 Å². The van der Waals surface area contributed by atoms with Gasteiger partial charge >= 0.3 is 5.97 Å². The van der Waals surface area contributed by atoms with E-state index in [9.17, 15) is 23.2 Å². The molecule has 3 rings (SSSR count). The third-order valence-corrected chi connectivity index (χ3v) is 5.61. The number of ether oxygens (including phenoxy) is 1. The molecule has 1 saturated carbocycles. The number of carbonyl (C=O) groups excluding carboxylic acids is 3. The molecule has 1 aliphatic rings. The quantitative estimate of drug-likeness (QED) is 0.573. The third kappa shape index (κ3) is 7.06. The fourth-order valence-corrected chi connectivity index (χ4v) is 3.29. The van der Waals surface area contributed by atoms with E-state index in [1.54, 1.807) is 6.92 Å². The largest absolute Gasteiger partial charge is 0.446 e. The maximum atomic E-state index is 13.2. The van der Waals surface area contributed by atoms with Gasteiger partial charge < -0.3 is 15.4 Å². The Bertz CT molecular complexity index is 934. The summed E-state index contributed by atoms with van der Waals surface area (Å²) in [5.41, 5.74) is 0.800. The Morgan fingerprint density at radius 1 is 1.03 bits per heavy atom. The molecule has 6 nitrogen and oxygen atoms in total. The lowest BCUT2D eigenvalue weighted by Crippen LogP contribution is -2.35. The van der Waals surface area contributed by atoms with Crippen LogP contribution in [0.4, 0.5) is 14.5 Å². The van der Waals surface area contributed by atoms with E-state index in [4.69, 9.17) is 4.74 Å². The molecule has 31 heavy (non-hydrogen) atoms. The first-order valence-electron chi connectivity index (χ1n) is 9.75. The van der Waals surface area contributed by atoms with Crippen molar-refractivity contribution < 1.29 is 27.9 Å². The fraction of sp³-hybridized carbons (Fsp3) is 0.318. The highest BCUT2D eigenvalue weighted by Crippen LogP contribution is 2.25. The van der Waals surface area contributed by atoms with Crippen LogP contribution in [0.15, 0.2) is 48.5 Å². The Morgan fingerprint density at radius 3 is 2.19 bits per heavy atom. The van der Waals surface area contributed by atoms with Crippen LogP contribution in [-0.4, -0.2) is 34.8 Å². The van der Waals surface area contributed by atoms with Crippen molar-refractivity contribution in [2.45, 2.75) is 37.2 Å². The molecule has 2 atom stereocenters. The van der Waals surface area contributed by atoms with Gasteiger partial charge in [-0.15, -0.1) is 11.8 Å². The molecule has 0 aromatic heterocycles. The van der Waals surface area contributed by atoms with Gasteiger partial charge in [-0.25, -0.2) is 8.78 Å². The van der Waals surface area contributed by atoms with Crippen molar-refractivity contribution >= 4 is 35.2 Å². The monoisotopic (exact) mass is 448 g/mol. The number of halogens is 2. The SMILES string of the molecule is CC(SCC(=O)Nc1ccc(F)cc1)C(=O)OC(C(=O)NC1CC1)c1ccc(F)cc1. The van der Waals surface area contributed by atoms with E-state index >= 15 is 0 Å². The normalized spacial score (nSPS) is 14.9. The fourth-order valence-electron chi connectivity index (χ4n) is 2.63. The molecule has 2 aromatic rings. The lowest BCUT2D eigenvalue weighted by atomic mass is 10.1. The zero-order valence-corrected chi connectivity index (χ0v) is 17.6. The molecule has 0 spiro atoms. The van der Waals surface area contributed by atoms with Gasteiger partial charge in [0.15, 0.2) is 0 Å². The van der Waals surface area contributed by atoms with Crippen LogP contribution in [-0.2, 0) is 19.1 Å². The smallest absolute Gasteiger partial charge is 0.319 e. The van der Waals surface area contributed by atoms with E-state index in [2.05, 4.69) is 10.6 Å². The molecule has 0 heterocycles. The number of amides is 2. The van der Waals surface area contributed by atoms with Gasteiger partial charge in [-0.3, -0.25) is 14.4 Å².